The van der Waals surface area contributed by atoms with Crippen molar-refractivity contribution in [3.8, 4) is 0 Å². The predicted octanol–water partition coefficient (Wildman–Crippen LogP) is 0.0548. The molecular formula is C14H21N6O2+. The highest BCUT2D eigenvalue weighted by Gasteiger charge is 2.53. The van der Waals surface area contributed by atoms with Crippen LogP contribution in [-0.2, 0) is 4.79 Å². The molecule has 0 bridgehead atoms. The zero-order valence-electron chi connectivity index (χ0n) is 13.3. The van der Waals surface area contributed by atoms with Gasteiger partial charge in [0.25, 0.3) is 5.91 Å². The minimum Gasteiger partial charge on any atom is -0.270 e. The van der Waals surface area contributed by atoms with Crippen molar-refractivity contribution in [1.29, 1.82) is 0 Å². The van der Waals surface area contributed by atoms with Crippen LogP contribution in [0.3, 0.4) is 0 Å². The number of urea groups is 1. The molecule has 1 atom stereocenters. The van der Waals surface area contributed by atoms with Crippen LogP contribution in [0.25, 0.3) is 0 Å². The molecule has 0 spiro atoms. The number of hydrogen-bond donors (Lipinski definition) is 1. The second kappa shape index (κ2) is 5.19. The topological polar surface area (TPSA) is 80.4 Å². The monoisotopic (exact) mass is 305 g/mol. The van der Waals surface area contributed by atoms with Crippen LogP contribution < -0.4 is 5.43 Å². The average molecular weight is 305 g/mol. The molecule has 3 aliphatic heterocycles. The highest BCUT2D eigenvalue weighted by Crippen LogP contribution is 2.21. The van der Waals surface area contributed by atoms with E-state index >= 15 is 0 Å². The van der Waals surface area contributed by atoms with E-state index in [2.05, 4.69) is 29.4 Å². The SMILES string of the molecule is CC1=NNC2=[N+](C1)C1C(=O)N(CCC(C)C)C(=O)N(C)C1=N2. The Labute approximate surface area is 129 Å². The number of aliphatic imine (C=N–C) groups is 1. The third-order valence-corrected chi connectivity index (χ3v) is 4.09. The lowest BCUT2D eigenvalue weighted by Gasteiger charge is -2.34. The van der Waals surface area contributed by atoms with Gasteiger partial charge in [0.05, 0.1) is 5.71 Å². The Morgan fingerprint density at radius 1 is 1.41 bits per heavy atom. The summed E-state index contributed by atoms with van der Waals surface area (Å²) in [7, 11) is 1.66. The molecule has 3 rings (SSSR count). The number of imide groups is 1. The molecule has 0 aromatic heterocycles. The largest absolute Gasteiger partial charge is 0.414 e. The number of fused-ring (bicyclic) bond motifs is 2. The van der Waals surface area contributed by atoms with Gasteiger partial charge in [-0.3, -0.25) is 14.6 Å². The molecule has 118 valence electrons. The number of rotatable bonds is 3. The van der Waals surface area contributed by atoms with E-state index in [1.54, 1.807) is 7.05 Å². The molecule has 0 aromatic carbocycles. The summed E-state index contributed by atoms with van der Waals surface area (Å²) in [4.78, 5) is 32.4. The second-order valence-corrected chi connectivity index (χ2v) is 6.30. The molecule has 1 fully saturated rings. The maximum absolute atomic E-state index is 12.8. The van der Waals surface area contributed by atoms with Crippen LogP contribution in [0.1, 0.15) is 27.2 Å². The molecular weight excluding hydrogens is 284 g/mol. The van der Waals surface area contributed by atoms with Gasteiger partial charge in [-0.05, 0) is 19.3 Å². The molecule has 22 heavy (non-hydrogen) atoms. The number of carbonyl (C=O) groups is 2. The van der Waals surface area contributed by atoms with Gasteiger partial charge in [0.2, 0.25) is 11.9 Å². The van der Waals surface area contributed by atoms with Crippen LogP contribution in [0.5, 0.6) is 0 Å². The van der Waals surface area contributed by atoms with E-state index in [0.717, 1.165) is 12.1 Å². The van der Waals surface area contributed by atoms with Crippen molar-refractivity contribution < 1.29 is 14.2 Å². The van der Waals surface area contributed by atoms with Gasteiger partial charge in [-0.25, -0.2) is 9.37 Å². The molecule has 1 saturated heterocycles. The van der Waals surface area contributed by atoms with Crippen molar-refractivity contribution in [3.05, 3.63) is 0 Å². The summed E-state index contributed by atoms with van der Waals surface area (Å²) in [6.07, 6.45) is 0.791. The van der Waals surface area contributed by atoms with E-state index in [0.29, 0.717) is 30.8 Å². The Morgan fingerprint density at radius 2 is 2.14 bits per heavy atom. The first kappa shape index (κ1) is 14.7. The lowest BCUT2D eigenvalue weighted by Crippen LogP contribution is -2.63. The molecule has 3 aliphatic rings. The Kier molecular flexibility index (Phi) is 3.46. The first-order chi connectivity index (χ1) is 10.4. The number of hydrogen-bond acceptors (Lipinski definition) is 5. The predicted molar refractivity (Wildman–Crippen MR) is 81.9 cm³/mol. The number of likely N-dealkylation sites (N-methyl/N-ethyl adjacent to an activating group) is 1. The molecule has 0 radical (unpaired) electrons. The van der Waals surface area contributed by atoms with Crippen molar-refractivity contribution in [2.75, 3.05) is 20.1 Å². The summed E-state index contributed by atoms with van der Waals surface area (Å²) in [6, 6.07) is -0.846. The fraction of sp³-hybridized carbons (Fsp3) is 0.643. The smallest absolute Gasteiger partial charge is 0.270 e. The van der Waals surface area contributed by atoms with Gasteiger partial charge in [-0.1, -0.05) is 18.8 Å². The van der Waals surface area contributed by atoms with E-state index in [-0.39, 0.29) is 11.9 Å². The summed E-state index contributed by atoms with van der Waals surface area (Å²) in [6.45, 7) is 7.01. The van der Waals surface area contributed by atoms with E-state index in [9.17, 15) is 9.59 Å². The van der Waals surface area contributed by atoms with Gasteiger partial charge in [0, 0.05) is 13.6 Å². The lowest BCUT2D eigenvalue weighted by atomic mass is 10.1. The molecule has 0 saturated carbocycles. The lowest BCUT2D eigenvalue weighted by molar-refractivity contribution is -0.524. The van der Waals surface area contributed by atoms with Gasteiger partial charge >= 0.3 is 12.0 Å². The van der Waals surface area contributed by atoms with Crippen LogP contribution in [0.15, 0.2) is 10.1 Å². The van der Waals surface area contributed by atoms with Crippen LogP contribution in [0, 0.1) is 5.92 Å². The summed E-state index contributed by atoms with van der Waals surface area (Å²) >= 11 is 0. The third-order valence-electron chi connectivity index (χ3n) is 4.09. The van der Waals surface area contributed by atoms with Crippen LogP contribution in [-0.4, -0.2) is 70.0 Å². The van der Waals surface area contributed by atoms with E-state index < -0.39 is 6.04 Å². The maximum Gasteiger partial charge on any atom is 0.414 e. The van der Waals surface area contributed by atoms with Crippen molar-refractivity contribution >= 4 is 29.4 Å². The quantitative estimate of drug-likeness (QED) is 0.748. The number of hydrazone groups is 1. The van der Waals surface area contributed by atoms with Crippen molar-refractivity contribution in [3.63, 3.8) is 0 Å². The molecule has 8 nitrogen and oxygen atoms in total. The fourth-order valence-corrected chi connectivity index (χ4v) is 2.79. The highest BCUT2D eigenvalue weighted by molar-refractivity contribution is 6.23. The molecule has 3 amide bonds. The van der Waals surface area contributed by atoms with Crippen molar-refractivity contribution in [1.82, 2.24) is 15.2 Å². The zero-order chi connectivity index (χ0) is 16.0. The Balaban J connectivity index is 1.89. The summed E-state index contributed by atoms with van der Waals surface area (Å²) in [5.41, 5.74) is 3.72. The number of amides is 3. The molecule has 8 heteroatoms. The summed E-state index contributed by atoms with van der Waals surface area (Å²) in [5.74, 6) is 1.24. The normalized spacial score (nSPS) is 24.3. The number of carbonyl (C=O) groups excluding carboxylic acids is 2. The van der Waals surface area contributed by atoms with Crippen molar-refractivity contribution in [2.45, 2.75) is 33.2 Å². The highest BCUT2D eigenvalue weighted by atomic mass is 16.2. The molecule has 1 unspecified atom stereocenters. The van der Waals surface area contributed by atoms with E-state index in [1.807, 2.05) is 11.5 Å². The summed E-state index contributed by atoms with van der Waals surface area (Å²) < 4.78 is 1.87. The Morgan fingerprint density at radius 3 is 2.82 bits per heavy atom. The number of nitrogens with zero attached hydrogens (tertiary/aromatic N) is 5. The van der Waals surface area contributed by atoms with Gasteiger partial charge in [-0.2, -0.15) is 5.43 Å². The Bertz CT molecular complexity index is 633. The van der Waals surface area contributed by atoms with Crippen molar-refractivity contribution in [2.24, 2.45) is 16.0 Å². The average Bonchev–Trinajstić information content (AvgIpc) is 2.83. The Hall–Kier alpha value is -2.25. The van der Waals surface area contributed by atoms with Crippen LogP contribution in [0.2, 0.25) is 0 Å². The second-order valence-electron chi connectivity index (χ2n) is 6.30. The number of guanidine groups is 1. The molecule has 0 aliphatic carbocycles. The fourth-order valence-electron chi connectivity index (χ4n) is 2.79. The number of nitrogens with one attached hydrogen (secondary N) is 1. The number of amidine groups is 1. The van der Waals surface area contributed by atoms with Gasteiger partial charge in [-0.15, -0.1) is 5.10 Å². The van der Waals surface area contributed by atoms with Gasteiger partial charge < -0.3 is 0 Å². The zero-order valence-corrected chi connectivity index (χ0v) is 13.3. The van der Waals surface area contributed by atoms with Crippen LogP contribution in [0.4, 0.5) is 4.79 Å². The molecule has 3 heterocycles. The van der Waals surface area contributed by atoms with Gasteiger partial charge in [0.1, 0.15) is 6.54 Å². The first-order valence-corrected chi connectivity index (χ1v) is 7.50. The van der Waals surface area contributed by atoms with E-state index in [1.165, 1.54) is 9.80 Å². The molecule has 0 aromatic rings. The molecule has 1 N–H and O–H groups in total. The maximum atomic E-state index is 12.8. The standard InChI is InChI=1S/C14H20N6O2/c1-8(2)5-6-19-12(21)10-11(18(4)14(19)22)15-13-17-16-9(3)7-20(10)13/h8,10H,5-7H2,1-4H3/p+1. The van der Waals surface area contributed by atoms with E-state index in [4.69, 9.17) is 0 Å². The minimum absolute atomic E-state index is 0.200. The van der Waals surface area contributed by atoms with Crippen LogP contribution >= 0.6 is 0 Å². The third kappa shape index (κ3) is 2.18. The van der Waals surface area contributed by atoms with Gasteiger partial charge in [0.15, 0.2) is 0 Å². The first-order valence-electron chi connectivity index (χ1n) is 7.50. The summed E-state index contributed by atoms with van der Waals surface area (Å²) in [5, 5.41) is 4.13. The minimum atomic E-state index is -0.539.